The van der Waals surface area contributed by atoms with Crippen LogP contribution in [0.2, 0.25) is 5.02 Å². The molecule has 0 spiro atoms. The molecule has 0 radical (unpaired) electrons. The van der Waals surface area contributed by atoms with E-state index in [0.29, 0.717) is 15.2 Å². The van der Waals surface area contributed by atoms with Crippen molar-refractivity contribution in [1.82, 2.24) is 0 Å². The fourth-order valence-corrected chi connectivity index (χ4v) is 3.73. The van der Waals surface area contributed by atoms with Crippen LogP contribution in [0.1, 0.15) is 0 Å². The van der Waals surface area contributed by atoms with Gasteiger partial charge in [0.25, 0.3) is 10.0 Å². The summed E-state index contributed by atoms with van der Waals surface area (Å²) in [7, 11) is -3.65. The lowest BCUT2D eigenvalue weighted by Gasteiger charge is -2.10. The summed E-state index contributed by atoms with van der Waals surface area (Å²) in [5.74, 6) is 0. The van der Waals surface area contributed by atoms with Gasteiger partial charge < -0.3 is 0 Å². The van der Waals surface area contributed by atoms with Crippen molar-refractivity contribution in [2.45, 2.75) is 4.90 Å². The molecule has 0 aromatic heterocycles. The molecule has 6 heteroatoms. The molecule has 0 saturated carbocycles. The molecule has 1 N–H and O–H groups in total. The molecule has 0 heterocycles. The molecule has 18 heavy (non-hydrogen) atoms. The summed E-state index contributed by atoms with van der Waals surface area (Å²) in [6, 6.07) is 13.3. The summed E-state index contributed by atoms with van der Waals surface area (Å²) in [4.78, 5) is 0.171. The van der Waals surface area contributed by atoms with Crippen LogP contribution in [0, 0.1) is 0 Å². The average molecular weight is 347 g/mol. The van der Waals surface area contributed by atoms with Gasteiger partial charge in [0.2, 0.25) is 0 Å². The number of hydrogen-bond acceptors (Lipinski definition) is 2. The minimum absolute atomic E-state index is 0.171. The zero-order chi connectivity index (χ0) is 13.2. The molecule has 0 saturated heterocycles. The normalized spacial score (nSPS) is 11.2. The van der Waals surface area contributed by atoms with Crippen LogP contribution in [0.25, 0.3) is 0 Å². The van der Waals surface area contributed by atoms with Gasteiger partial charge >= 0.3 is 0 Å². The second-order valence-corrected chi connectivity index (χ2v) is 6.43. The largest absolute Gasteiger partial charge is 0.278 e. The lowest BCUT2D eigenvalue weighted by molar-refractivity contribution is 0.601. The van der Waals surface area contributed by atoms with E-state index in [1.54, 1.807) is 42.5 Å². The van der Waals surface area contributed by atoms with Crippen molar-refractivity contribution >= 4 is 43.2 Å². The number of hydrogen-bond donors (Lipinski definition) is 1. The van der Waals surface area contributed by atoms with E-state index >= 15 is 0 Å². The molecule has 0 atom stereocenters. The number of benzene rings is 2. The van der Waals surface area contributed by atoms with Crippen molar-refractivity contribution in [2.75, 3.05) is 4.72 Å². The van der Waals surface area contributed by atoms with Gasteiger partial charge in [0.05, 0.1) is 10.7 Å². The minimum atomic E-state index is -3.65. The number of sulfonamides is 1. The van der Waals surface area contributed by atoms with E-state index in [4.69, 9.17) is 11.6 Å². The molecule has 0 aliphatic heterocycles. The van der Waals surface area contributed by atoms with Gasteiger partial charge in [-0.2, -0.15) is 0 Å². The van der Waals surface area contributed by atoms with Crippen LogP contribution < -0.4 is 4.72 Å². The Bertz CT molecular complexity index is 673. The molecule has 2 aromatic carbocycles. The third kappa shape index (κ3) is 2.85. The zero-order valence-electron chi connectivity index (χ0n) is 9.10. The molecule has 94 valence electrons. The summed E-state index contributed by atoms with van der Waals surface area (Å²) in [5, 5.41) is 0.355. The minimum Gasteiger partial charge on any atom is -0.278 e. The molecule has 3 nitrogen and oxygen atoms in total. The highest BCUT2D eigenvalue weighted by Gasteiger charge is 2.17. The van der Waals surface area contributed by atoms with Crippen LogP contribution in [0.5, 0.6) is 0 Å². The van der Waals surface area contributed by atoms with Crippen LogP contribution in [0.3, 0.4) is 0 Å². The van der Waals surface area contributed by atoms with E-state index in [1.165, 1.54) is 6.07 Å². The highest BCUT2D eigenvalue weighted by atomic mass is 79.9. The molecule has 0 aliphatic carbocycles. The van der Waals surface area contributed by atoms with Gasteiger partial charge in [-0.1, -0.05) is 35.9 Å². The van der Waals surface area contributed by atoms with Crippen molar-refractivity contribution in [3.63, 3.8) is 0 Å². The number of halogens is 2. The molecule has 0 unspecified atom stereocenters. The summed E-state index contributed by atoms with van der Waals surface area (Å²) < 4.78 is 27.3. The lowest BCUT2D eigenvalue weighted by Crippen LogP contribution is -2.13. The van der Waals surface area contributed by atoms with E-state index < -0.39 is 10.0 Å². The topological polar surface area (TPSA) is 46.2 Å². The maximum atomic E-state index is 12.2. The van der Waals surface area contributed by atoms with Gasteiger partial charge in [-0.05, 0) is 40.2 Å². The second kappa shape index (κ2) is 5.30. The second-order valence-electron chi connectivity index (χ2n) is 3.52. The number of para-hydroxylation sites is 1. The maximum Gasteiger partial charge on any atom is 0.263 e. The van der Waals surface area contributed by atoms with Crippen molar-refractivity contribution < 1.29 is 8.42 Å². The van der Waals surface area contributed by atoms with Crippen molar-refractivity contribution in [1.29, 1.82) is 0 Å². The van der Waals surface area contributed by atoms with Crippen molar-refractivity contribution in [2.24, 2.45) is 0 Å². The van der Waals surface area contributed by atoms with E-state index in [1.807, 2.05) is 0 Å². The average Bonchev–Trinajstić information content (AvgIpc) is 2.32. The van der Waals surface area contributed by atoms with E-state index in [9.17, 15) is 8.42 Å². The van der Waals surface area contributed by atoms with Crippen LogP contribution in [0.15, 0.2) is 57.9 Å². The van der Waals surface area contributed by atoms with Crippen LogP contribution in [-0.4, -0.2) is 8.42 Å². The summed E-state index contributed by atoms with van der Waals surface area (Å²) in [6.45, 7) is 0. The molecular weight excluding hydrogens is 338 g/mol. The van der Waals surface area contributed by atoms with E-state index in [-0.39, 0.29) is 4.90 Å². The van der Waals surface area contributed by atoms with E-state index in [0.717, 1.165) is 0 Å². The predicted molar refractivity (Wildman–Crippen MR) is 76.4 cm³/mol. The van der Waals surface area contributed by atoms with Crippen LogP contribution in [-0.2, 0) is 10.0 Å². The van der Waals surface area contributed by atoms with E-state index in [2.05, 4.69) is 20.7 Å². The predicted octanol–water partition coefficient (Wildman–Crippen LogP) is 3.90. The Morgan fingerprint density at radius 3 is 2.28 bits per heavy atom. The van der Waals surface area contributed by atoms with Crippen LogP contribution >= 0.6 is 27.5 Å². The highest BCUT2D eigenvalue weighted by Crippen LogP contribution is 2.27. The Morgan fingerprint density at radius 1 is 1.00 bits per heavy atom. The Balaban J connectivity index is 2.40. The Kier molecular flexibility index (Phi) is 3.94. The first-order valence-corrected chi connectivity index (χ1v) is 7.68. The van der Waals surface area contributed by atoms with Gasteiger partial charge in [0, 0.05) is 4.47 Å². The third-order valence-corrected chi connectivity index (χ3v) is 4.95. The Morgan fingerprint density at radius 2 is 1.61 bits per heavy atom. The van der Waals surface area contributed by atoms with Gasteiger partial charge in [0.1, 0.15) is 4.90 Å². The fraction of sp³-hybridized carbons (Fsp3) is 0. The molecule has 0 amide bonds. The molecule has 0 aliphatic rings. The maximum absolute atomic E-state index is 12.2. The lowest BCUT2D eigenvalue weighted by atomic mass is 10.3. The number of nitrogens with one attached hydrogen (secondary N) is 1. The monoisotopic (exact) mass is 345 g/mol. The molecule has 0 fully saturated rings. The van der Waals surface area contributed by atoms with Crippen molar-refractivity contribution in [3.8, 4) is 0 Å². The smallest absolute Gasteiger partial charge is 0.263 e. The number of rotatable bonds is 3. The SMILES string of the molecule is O=S(=O)(Nc1ccccc1Cl)c1ccccc1Br. The highest BCUT2D eigenvalue weighted by molar-refractivity contribution is 9.10. The van der Waals surface area contributed by atoms with Crippen molar-refractivity contribution in [3.05, 3.63) is 58.0 Å². The van der Waals surface area contributed by atoms with Gasteiger partial charge in [-0.3, -0.25) is 4.72 Å². The quantitative estimate of drug-likeness (QED) is 0.916. The fourth-order valence-electron chi connectivity index (χ4n) is 1.41. The Hall–Kier alpha value is -1.04. The first-order chi connectivity index (χ1) is 8.50. The van der Waals surface area contributed by atoms with Gasteiger partial charge in [-0.25, -0.2) is 8.42 Å². The molecule has 0 bridgehead atoms. The standard InChI is InChI=1S/C12H9BrClNO2S/c13-9-5-1-4-8-12(9)18(16,17)15-11-7-3-2-6-10(11)14/h1-8,15H. The summed E-state index contributed by atoms with van der Waals surface area (Å²) in [6.07, 6.45) is 0. The number of anilines is 1. The summed E-state index contributed by atoms with van der Waals surface area (Å²) >= 11 is 9.13. The van der Waals surface area contributed by atoms with Crippen LogP contribution in [0.4, 0.5) is 5.69 Å². The third-order valence-electron chi connectivity index (χ3n) is 2.24. The van der Waals surface area contributed by atoms with Gasteiger partial charge in [-0.15, -0.1) is 0 Å². The first kappa shape index (κ1) is 13.4. The first-order valence-electron chi connectivity index (χ1n) is 5.02. The molecular formula is C12H9BrClNO2S. The zero-order valence-corrected chi connectivity index (χ0v) is 12.3. The van der Waals surface area contributed by atoms with Gasteiger partial charge in [0.15, 0.2) is 0 Å². The molecule has 2 rings (SSSR count). The Labute approximate surface area is 119 Å². The molecule has 2 aromatic rings. The summed E-state index contributed by atoms with van der Waals surface area (Å²) in [5.41, 5.74) is 0.356.